The lowest BCUT2D eigenvalue weighted by molar-refractivity contribution is -0.146. The molecule has 1 aromatic carbocycles. The Kier molecular flexibility index (Phi) is 4.15. The Morgan fingerprint density at radius 2 is 2.13 bits per heavy atom. The van der Waals surface area contributed by atoms with Crippen LogP contribution in [0.5, 0.6) is 5.75 Å². The number of carboxylic acids is 1. The predicted molar refractivity (Wildman–Crippen MR) is 85.6 cm³/mol. The largest absolute Gasteiger partial charge is 0.491 e. The number of nitrogens with one attached hydrogen (secondary N) is 1. The van der Waals surface area contributed by atoms with Crippen molar-refractivity contribution >= 4 is 17.7 Å². The van der Waals surface area contributed by atoms with E-state index >= 15 is 0 Å². The molecule has 6 heteroatoms. The summed E-state index contributed by atoms with van der Waals surface area (Å²) in [5.74, 6) is 0.433. The number of nitrogens with zero attached hydrogens (tertiary/aromatic N) is 1. The molecule has 1 aliphatic carbocycles. The quantitative estimate of drug-likeness (QED) is 0.875. The van der Waals surface area contributed by atoms with E-state index < -0.39 is 11.4 Å². The van der Waals surface area contributed by atoms with Gasteiger partial charge in [-0.05, 0) is 44.2 Å². The Balaban J connectivity index is 1.62. The number of carbonyl (C=O) groups is 2. The topological polar surface area (TPSA) is 78.9 Å². The van der Waals surface area contributed by atoms with Gasteiger partial charge in [-0.1, -0.05) is 12.1 Å². The highest BCUT2D eigenvalue weighted by atomic mass is 16.5. The van der Waals surface area contributed by atoms with Crippen molar-refractivity contribution in [1.29, 1.82) is 0 Å². The van der Waals surface area contributed by atoms with Crippen LogP contribution in [-0.4, -0.2) is 41.7 Å². The first kappa shape index (κ1) is 15.6. The molecule has 23 heavy (non-hydrogen) atoms. The van der Waals surface area contributed by atoms with Gasteiger partial charge in [-0.25, -0.2) is 4.79 Å². The van der Waals surface area contributed by atoms with Crippen molar-refractivity contribution in [2.75, 3.05) is 25.0 Å². The van der Waals surface area contributed by atoms with Gasteiger partial charge in [-0.2, -0.15) is 0 Å². The molecule has 0 spiro atoms. The average Bonchev–Trinajstić information content (AvgIpc) is 3.26. The molecule has 2 N–H and O–H groups in total. The standard InChI is InChI=1S/C17H22N2O4/c1-17(15(20)21)8-9-19(11-17)16(22)18-13-4-2-3-5-14(13)23-10-12-6-7-12/h2-5,12H,6-11H2,1H3,(H,18,22)(H,20,21). The van der Waals surface area contributed by atoms with Crippen LogP contribution in [0.3, 0.4) is 0 Å². The highest BCUT2D eigenvalue weighted by Crippen LogP contribution is 2.33. The third kappa shape index (κ3) is 3.57. The molecular weight excluding hydrogens is 296 g/mol. The minimum absolute atomic E-state index is 0.221. The Morgan fingerprint density at radius 3 is 2.78 bits per heavy atom. The number of hydrogen-bond acceptors (Lipinski definition) is 3. The van der Waals surface area contributed by atoms with Gasteiger partial charge in [0.2, 0.25) is 0 Å². The molecule has 124 valence electrons. The maximum atomic E-state index is 12.4. The summed E-state index contributed by atoms with van der Waals surface area (Å²) in [6.07, 6.45) is 2.88. The van der Waals surface area contributed by atoms with Gasteiger partial charge < -0.3 is 20.1 Å². The van der Waals surface area contributed by atoms with Crippen LogP contribution in [0.15, 0.2) is 24.3 Å². The van der Waals surface area contributed by atoms with E-state index in [1.54, 1.807) is 17.9 Å². The molecule has 1 aliphatic heterocycles. The van der Waals surface area contributed by atoms with Crippen LogP contribution in [0, 0.1) is 11.3 Å². The Morgan fingerprint density at radius 1 is 1.39 bits per heavy atom. The van der Waals surface area contributed by atoms with Crippen LogP contribution in [-0.2, 0) is 4.79 Å². The van der Waals surface area contributed by atoms with Crippen LogP contribution in [0.2, 0.25) is 0 Å². The molecule has 1 saturated heterocycles. The summed E-state index contributed by atoms with van der Waals surface area (Å²) in [7, 11) is 0. The summed E-state index contributed by atoms with van der Waals surface area (Å²) >= 11 is 0. The first-order chi connectivity index (χ1) is 11.0. The van der Waals surface area contributed by atoms with E-state index in [1.807, 2.05) is 18.2 Å². The molecule has 1 saturated carbocycles. The van der Waals surface area contributed by atoms with E-state index in [-0.39, 0.29) is 12.6 Å². The Bertz CT molecular complexity index is 614. The number of hydrogen-bond donors (Lipinski definition) is 2. The van der Waals surface area contributed by atoms with Crippen molar-refractivity contribution in [2.45, 2.75) is 26.2 Å². The first-order valence-corrected chi connectivity index (χ1v) is 7.99. The minimum Gasteiger partial charge on any atom is -0.491 e. The van der Waals surface area contributed by atoms with Crippen molar-refractivity contribution in [2.24, 2.45) is 11.3 Å². The average molecular weight is 318 g/mol. The number of aliphatic carboxylic acids is 1. The number of ether oxygens (including phenoxy) is 1. The zero-order valence-corrected chi connectivity index (χ0v) is 13.2. The SMILES string of the molecule is CC1(C(=O)O)CCN(C(=O)Nc2ccccc2OCC2CC2)C1. The smallest absolute Gasteiger partial charge is 0.321 e. The number of para-hydroxylation sites is 2. The lowest BCUT2D eigenvalue weighted by atomic mass is 9.90. The molecule has 2 aliphatic rings. The van der Waals surface area contributed by atoms with Gasteiger partial charge in [0.1, 0.15) is 5.75 Å². The van der Waals surface area contributed by atoms with E-state index in [4.69, 9.17) is 4.74 Å². The molecule has 0 aromatic heterocycles. The van der Waals surface area contributed by atoms with Crippen LogP contribution in [0.1, 0.15) is 26.2 Å². The number of urea groups is 1. The van der Waals surface area contributed by atoms with E-state index in [9.17, 15) is 14.7 Å². The van der Waals surface area contributed by atoms with Crippen molar-refractivity contribution in [3.05, 3.63) is 24.3 Å². The first-order valence-electron chi connectivity index (χ1n) is 7.99. The molecule has 2 fully saturated rings. The number of likely N-dealkylation sites (tertiary alicyclic amines) is 1. The fourth-order valence-electron chi connectivity index (χ4n) is 2.69. The van der Waals surface area contributed by atoms with Gasteiger partial charge in [0, 0.05) is 13.1 Å². The summed E-state index contributed by atoms with van der Waals surface area (Å²) in [5.41, 5.74) is -0.235. The molecule has 0 bridgehead atoms. The van der Waals surface area contributed by atoms with Gasteiger partial charge in [0.15, 0.2) is 0 Å². The Labute approximate surface area is 135 Å². The molecule has 6 nitrogen and oxygen atoms in total. The van der Waals surface area contributed by atoms with E-state index in [0.29, 0.717) is 36.9 Å². The number of anilines is 1. The summed E-state index contributed by atoms with van der Waals surface area (Å²) in [5, 5.41) is 12.1. The fraction of sp³-hybridized carbons (Fsp3) is 0.529. The van der Waals surface area contributed by atoms with Crippen LogP contribution in [0.25, 0.3) is 0 Å². The monoisotopic (exact) mass is 318 g/mol. The number of carboxylic acid groups (broad SMARTS) is 1. The molecule has 3 rings (SSSR count). The van der Waals surface area contributed by atoms with Crippen LogP contribution < -0.4 is 10.1 Å². The third-order valence-corrected chi connectivity index (χ3v) is 4.58. The van der Waals surface area contributed by atoms with Gasteiger partial charge in [0.25, 0.3) is 0 Å². The summed E-state index contributed by atoms with van der Waals surface area (Å²) in [6.45, 7) is 3.02. The zero-order valence-electron chi connectivity index (χ0n) is 13.2. The van der Waals surface area contributed by atoms with Crippen molar-refractivity contribution in [1.82, 2.24) is 4.90 Å². The van der Waals surface area contributed by atoms with Crippen LogP contribution in [0.4, 0.5) is 10.5 Å². The maximum absolute atomic E-state index is 12.4. The van der Waals surface area contributed by atoms with E-state index in [0.717, 1.165) is 0 Å². The number of amides is 2. The summed E-state index contributed by atoms with van der Waals surface area (Å²) in [6, 6.07) is 7.06. The molecular formula is C17H22N2O4. The molecule has 1 heterocycles. The van der Waals surface area contributed by atoms with Gasteiger partial charge in [-0.15, -0.1) is 0 Å². The lowest BCUT2D eigenvalue weighted by Gasteiger charge is -2.21. The minimum atomic E-state index is -0.862. The van der Waals surface area contributed by atoms with Crippen molar-refractivity contribution in [3.8, 4) is 5.75 Å². The predicted octanol–water partition coefficient (Wildman–Crippen LogP) is 2.80. The second-order valence-electron chi connectivity index (χ2n) is 6.72. The Hall–Kier alpha value is -2.24. The van der Waals surface area contributed by atoms with Gasteiger partial charge in [-0.3, -0.25) is 4.79 Å². The molecule has 1 aromatic rings. The third-order valence-electron chi connectivity index (χ3n) is 4.58. The molecule has 1 unspecified atom stereocenters. The summed E-state index contributed by atoms with van der Waals surface area (Å²) < 4.78 is 5.78. The van der Waals surface area contributed by atoms with E-state index in [2.05, 4.69) is 5.32 Å². The summed E-state index contributed by atoms with van der Waals surface area (Å²) in [4.78, 5) is 25.2. The number of carbonyl (C=O) groups excluding carboxylic acids is 1. The highest BCUT2D eigenvalue weighted by Gasteiger charge is 2.42. The fourth-order valence-corrected chi connectivity index (χ4v) is 2.69. The van der Waals surface area contributed by atoms with E-state index in [1.165, 1.54) is 12.8 Å². The molecule has 0 radical (unpaired) electrons. The number of rotatable bonds is 5. The normalized spacial score (nSPS) is 23.6. The second-order valence-corrected chi connectivity index (χ2v) is 6.72. The van der Waals surface area contributed by atoms with Gasteiger partial charge >= 0.3 is 12.0 Å². The van der Waals surface area contributed by atoms with Crippen LogP contribution >= 0.6 is 0 Å². The van der Waals surface area contributed by atoms with Crippen molar-refractivity contribution < 1.29 is 19.4 Å². The maximum Gasteiger partial charge on any atom is 0.321 e. The molecule has 1 atom stereocenters. The zero-order chi connectivity index (χ0) is 16.4. The second kappa shape index (κ2) is 6.10. The number of benzene rings is 1. The highest BCUT2D eigenvalue weighted by molar-refractivity contribution is 5.91. The van der Waals surface area contributed by atoms with Crippen molar-refractivity contribution in [3.63, 3.8) is 0 Å². The lowest BCUT2D eigenvalue weighted by Crippen LogP contribution is -2.37. The molecule has 2 amide bonds. The van der Waals surface area contributed by atoms with Gasteiger partial charge in [0.05, 0.1) is 17.7 Å².